The molecule has 0 saturated carbocycles. The van der Waals surface area contributed by atoms with Gasteiger partial charge in [0.05, 0.1) is 6.42 Å². The molecular formula is C19H25N3O7. The van der Waals surface area contributed by atoms with Crippen LogP contribution in [-0.4, -0.2) is 58.0 Å². The maximum atomic E-state index is 12.6. The lowest BCUT2D eigenvalue weighted by Crippen LogP contribution is -2.56. The Morgan fingerprint density at radius 3 is 2.00 bits per heavy atom. The van der Waals surface area contributed by atoms with Crippen molar-refractivity contribution in [2.75, 3.05) is 0 Å². The zero-order chi connectivity index (χ0) is 22.0. The minimum absolute atomic E-state index is 0.0479. The molecule has 1 rings (SSSR count). The maximum Gasteiger partial charge on any atom is 0.326 e. The zero-order valence-electron chi connectivity index (χ0n) is 16.2. The second-order valence-electron chi connectivity index (χ2n) is 6.39. The zero-order valence-corrected chi connectivity index (χ0v) is 16.2. The van der Waals surface area contributed by atoms with Gasteiger partial charge in [-0.1, -0.05) is 37.3 Å². The van der Waals surface area contributed by atoms with Gasteiger partial charge in [-0.05, 0) is 12.5 Å². The quantitative estimate of drug-likeness (QED) is 0.335. The summed E-state index contributed by atoms with van der Waals surface area (Å²) < 4.78 is 0. The number of carbonyl (C=O) groups excluding carboxylic acids is 3. The van der Waals surface area contributed by atoms with E-state index in [4.69, 9.17) is 10.2 Å². The number of amides is 3. The summed E-state index contributed by atoms with van der Waals surface area (Å²) in [7, 11) is 0. The number of benzene rings is 1. The molecule has 1 unspecified atom stereocenters. The fraction of sp³-hybridized carbons (Fsp3) is 0.421. The number of carbonyl (C=O) groups is 5. The highest BCUT2D eigenvalue weighted by molar-refractivity contribution is 5.94. The lowest BCUT2D eigenvalue weighted by atomic mass is 10.0. The Bertz CT molecular complexity index is 751. The first-order valence-corrected chi connectivity index (χ1v) is 9.02. The van der Waals surface area contributed by atoms with Gasteiger partial charge in [0.15, 0.2) is 0 Å². The molecule has 0 aliphatic heterocycles. The van der Waals surface area contributed by atoms with Gasteiger partial charge in [0.25, 0.3) is 0 Å². The number of hydrogen-bond acceptors (Lipinski definition) is 5. The van der Waals surface area contributed by atoms with Gasteiger partial charge in [-0.3, -0.25) is 19.2 Å². The molecule has 0 saturated heterocycles. The van der Waals surface area contributed by atoms with Crippen molar-refractivity contribution in [2.45, 2.75) is 51.2 Å². The largest absolute Gasteiger partial charge is 0.481 e. The van der Waals surface area contributed by atoms with Crippen LogP contribution < -0.4 is 16.0 Å². The van der Waals surface area contributed by atoms with Gasteiger partial charge in [0, 0.05) is 12.8 Å². The van der Waals surface area contributed by atoms with E-state index < -0.39 is 48.3 Å². The summed E-state index contributed by atoms with van der Waals surface area (Å²) in [5, 5.41) is 25.0. The van der Waals surface area contributed by atoms with E-state index in [1.54, 1.807) is 37.3 Å². The normalized spacial score (nSPS) is 13.4. The molecule has 29 heavy (non-hydrogen) atoms. The molecule has 0 aliphatic carbocycles. The average Bonchev–Trinajstić information content (AvgIpc) is 2.66. The van der Waals surface area contributed by atoms with Crippen molar-refractivity contribution < 1.29 is 34.2 Å². The molecule has 3 atom stereocenters. The smallest absolute Gasteiger partial charge is 0.326 e. The van der Waals surface area contributed by atoms with Crippen LogP contribution in [-0.2, 0) is 30.4 Å². The van der Waals surface area contributed by atoms with E-state index in [9.17, 15) is 24.0 Å². The minimum Gasteiger partial charge on any atom is -0.481 e. The summed E-state index contributed by atoms with van der Waals surface area (Å²) in [4.78, 5) is 58.5. The van der Waals surface area contributed by atoms with Crippen LogP contribution in [0.2, 0.25) is 0 Å². The van der Waals surface area contributed by atoms with Gasteiger partial charge in [-0.15, -0.1) is 0 Å². The summed E-state index contributed by atoms with van der Waals surface area (Å²) in [6.07, 6.45) is -0.580. The van der Waals surface area contributed by atoms with Crippen LogP contribution in [0.4, 0.5) is 0 Å². The standard InChI is InChI=1S/C19H25N3O7/c1-3-15(23)20-11(2)17(26)21-13(9-12-7-5-4-6-8-12)18(27)22-14(19(28)29)10-16(24)25/h4-8,11,13-14H,3,9-10H2,1-2H3,(H,20,23)(H,21,26)(H,22,27)(H,24,25)(H,28,29)/t11-,13?,14-/m0/s1. The van der Waals surface area contributed by atoms with Gasteiger partial charge in [-0.2, -0.15) is 0 Å². The Morgan fingerprint density at radius 2 is 1.48 bits per heavy atom. The molecule has 5 N–H and O–H groups in total. The molecule has 0 heterocycles. The Labute approximate surface area is 167 Å². The van der Waals surface area contributed by atoms with Gasteiger partial charge >= 0.3 is 11.9 Å². The molecule has 1 aromatic rings. The highest BCUT2D eigenvalue weighted by atomic mass is 16.4. The fourth-order valence-corrected chi connectivity index (χ4v) is 2.41. The van der Waals surface area contributed by atoms with Crippen LogP contribution >= 0.6 is 0 Å². The van der Waals surface area contributed by atoms with Crippen molar-refractivity contribution in [3.8, 4) is 0 Å². The molecule has 1 aromatic carbocycles. The fourth-order valence-electron chi connectivity index (χ4n) is 2.41. The molecule has 0 fully saturated rings. The summed E-state index contributed by atoms with van der Waals surface area (Å²) >= 11 is 0. The summed E-state index contributed by atoms with van der Waals surface area (Å²) in [5.41, 5.74) is 0.698. The predicted molar refractivity (Wildman–Crippen MR) is 102 cm³/mol. The number of rotatable bonds is 11. The first-order valence-electron chi connectivity index (χ1n) is 9.02. The van der Waals surface area contributed by atoms with E-state index in [0.717, 1.165) is 0 Å². The molecule has 10 heteroatoms. The third kappa shape index (κ3) is 8.41. The Morgan fingerprint density at radius 1 is 0.897 bits per heavy atom. The second kappa shape index (κ2) is 11.4. The van der Waals surface area contributed by atoms with Crippen LogP contribution in [0, 0.1) is 0 Å². The van der Waals surface area contributed by atoms with Gasteiger partial charge in [0.2, 0.25) is 17.7 Å². The number of aliphatic carboxylic acids is 2. The molecular weight excluding hydrogens is 382 g/mol. The van der Waals surface area contributed by atoms with E-state index in [2.05, 4.69) is 16.0 Å². The summed E-state index contributed by atoms with van der Waals surface area (Å²) in [6, 6.07) is 4.96. The first kappa shape index (κ1) is 23.6. The lowest BCUT2D eigenvalue weighted by Gasteiger charge is -2.23. The molecule has 3 amide bonds. The summed E-state index contributed by atoms with van der Waals surface area (Å²) in [5.74, 6) is -4.71. The second-order valence-corrected chi connectivity index (χ2v) is 6.39. The number of hydrogen-bond donors (Lipinski definition) is 5. The molecule has 0 aliphatic rings. The van der Waals surface area contributed by atoms with Crippen LogP contribution in [0.15, 0.2) is 30.3 Å². The Hall–Kier alpha value is -3.43. The van der Waals surface area contributed by atoms with Crippen LogP contribution in [0.1, 0.15) is 32.3 Å². The van der Waals surface area contributed by atoms with Crippen molar-refractivity contribution in [1.29, 1.82) is 0 Å². The number of carboxylic acids is 2. The highest BCUT2D eigenvalue weighted by Crippen LogP contribution is 2.05. The van der Waals surface area contributed by atoms with Crippen molar-refractivity contribution in [3.63, 3.8) is 0 Å². The minimum atomic E-state index is -1.65. The van der Waals surface area contributed by atoms with Gasteiger partial charge in [0.1, 0.15) is 18.1 Å². The maximum absolute atomic E-state index is 12.6. The van der Waals surface area contributed by atoms with Crippen molar-refractivity contribution in [2.24, 2.45) is 0 Å². The van der Waals surface area contributed by atoms with E-state index >= 15 is 0 Å². The van der Waals surface area contributed by atoms with E-state index in [1.807, 2.05) is 0 Å². The summed E-state index contributed by atoms with van der Waals surface area (Å²) in [6.45, 7) is 3.07. The number of nitrogens with one attached hydrogen (secondary N) is 3. The van der Waals surface area contributed by atoms with Crippen molar-refractivity contribution in [1.82, 2.24) is 16.0 Å². The Kier molecular flexibility index (Phi) is 9.30. The topological polar surface area (TPSA) is 162 Å². The molecule has 0 bridgehead atoms. The molecule has 0 radical (unpaired) electrons. The monoisotopic (exact) mass is 407 g/mol. The third-order valence-corrected chi connectivity index (χ3v) is 4.00. The highest BCUT2D eigenvalue weighted by Gasteiger charge is 2.29. The Balaban J connectivity index is 2.96. The van der Waals surface area contributed by atoms with E-state index in [0.29, 0.717) is 5.56 Å². The van der Waals surface area contributed by atoms with Crippen LogP contribution in [0.25, 0.3) is 0 Å². The van der Waals surface area contributed by atoms with E-state index in [-0.39, 0.29) is 18.7 Å². The van der Waals surface area contributed by atoms with Crippen LogP contribution in [0.5, 0.6) is 0 Å². The van der Waals surface area contributed by atoms with Gasteiger partial charge < -0.3 is 26.2 Å². The molecule has 0 aromatic heterocycles. The predicted octanol–water partition coefficient (Wildman–Crippen LogP) is -0.327. The average molecular weight is 407 g/mol. The molecule has 0 spiro atoms. The lowest BCUT2D eigenvalue weighted by molar-refractivity contribution is -0.147. The molecule has 10 nitrogen and oxygen atoms in total. The number of carboxylic acid groups (broad SMARTS) is 2. The van der Waals surface area contributed by atoms with Crippen molar-refractivity contribution in [3.05, 3.63) is 35.9 Å². The van der Waals surface area contributed by atoms with Gasteiger partial charge in [-0.25, -0.2) is 4.79 Å². The third-order valence-electron chi connectivity index (χ3n) is 4.00. The van der Waals surface area contributed by atoms with Crippen LogP contribution in [0.3, 0.4) is 0 Å². The molecule has 158 valence electrons. The SMILES string of the molecule is CCC(=O)N[C@@H](C)C(=O)NC(Cc1ccccc1)C(=O)N[C@@H](CC(=O)O)C(=O)O. The van der Waals surface area contributed by atoms with E-state index in [1.165, 1.54) is 6.92 Å². The first-order chi connectivity index (χ1) is 13.6. The van der Waals surface area contributed by atoms with Crippen molar-refractivity contribution >= 4 is 29.7 Å².